The average Bonchev–Trinajstić information content (AvgIpc) is 2.09. The third-order valence-electron chi connectivity index (χ3n) is 2.86. The van der Waals surface area contributed by atoms with Gasteiger partial charge in [-0.1, -0.05) is 0 Å². The van der Waals surface area contributed by atoms with Crippen molar-refractivity contribution < 1.29 is 13.9 Å². The van der Waals surface area contributed by atoms with E-state index in [1.807, 2.05) is 20.8 Å². The average molecular weight is 229 g/mol. The van der Waals surface area contributed by atoms with Crippen molar-refractivity contribution in [2.45, 2.75) is 51.9 Å². The van der Waals surface area contributed by atoms with E-state index < -0.39 is 17.5 Å². The maximum absolute atomic E-state index is 14.0. The second-order valence-corrected chi connectivity index (χ2v) is 5.33. The van der Waals surface area contributed by atoms with Crippen molar-refractivity contribution in [3.05, 3.63) is 12.5 Å². The van der Waals surface area contributed by atoms with Gasteiger partial charge in [0.15, 0.2) is 11.7 Å². The number of likely N-dealkylation sites (tertiary alicyclic amines) is 1. The van der Waals surface area contributed by atoms with Crippen LogP contribution < -0.4 is 0 Å². The summed E-state index contributed by atoms with van der Waals surface area (Å²) >= 11 is 0. The smallest absolute Gasteiger partial charge is 0.205 e. The molecule has 0 N–H and O–H groups in total. The number of alkyl halides is 1. The lowest BCUT2D eigenvalue weighted by Gasteiger charge is -2.51. The monoisotopic (exact) mass is 229 g/mol. The SMILES string of the molecule is C=C(OC(C)(C)C)N1CC(F)(C(C)=O)C1C. The number of hydrogen-bond acceptors (Lipinski definition) is 3. The summed E-state index contributed by atoms with van der Waals surface area (Å²) < 4.78 is 19.5. The van der Waals surface area contributed by atoms with Crippen LogP contribution in [0.3, 0.4) is 0 Å². The molecule has 0 saturated carbocycles. The van der Waals surface area contributed by atoms with Gasteiger partial charge in [0, 0.05) is 0 Å². The van der Waals surface area contributed by atoms with E-state index in [-0.39, 0.29) is 12.1 Å². The van der Waals surface area contributed by atoms with Crippen LogP contribution >= 0.6 is 0 Å². The summed E-state index contributed by atoms with van der Waals surface area (Å²) in [5, 5.41) is 0. The van der Waals surface area contributed by atoms with E-state index in [0.717, 1.165) is 0 Å². The number of rotatable bonds is 3. The lowest BCUT2D eigenvalue weighted by Crippen LogP contribution is -2.68. The fraction of sp³-hybridized carbons (Fsp3) is 0.750. The highest BCUT2D eigenvalue weighted by molar-refractivity contribution is 5.87. The zero-order valence-electron chi connectivity index (χ0n) is 10.6. The van der Waals surface area contributed by atoms with Gasteiger partial charge in [0.05, 0.1) is 12.6 Å². The lowest BCUT2D eigenvalue weighted by molar-refractivity contribution is -0.155. The largest absolute Gasteiger partial charge is 0.474 e. The molecule has 0 bridgehead atoms. The zero-order chi connectivity index (χ0) is 12.7. The maximum Gasteiger partial charge on any atom is 0.205 e. The molecule has 0 spiro atoms. The van der Waals surface area contributed by atoms with Gasteiger partial charge in [0.2, 0.25) is 5.67 Å². The maximum atomic E-state index is 14.0. The summed E-state index contributed by atoms with van der Waals surface area (Å²) in [6.07, 6.45) is 0. The van der Waals surface area contributed by atoms with Gasteiger partial charge in [0.1, 0.15) is 5.60 Å². The summed E-state index contributed by atoms with van der Waals surface area (Å²) in [5.41, 5.74) is -2.11. The minimum Gasteiger partial charge on any atom is -0.474 e. The summed E-state index contributed by atoms with van der Waals surface area (Å²) in [6, 6.07) is -0.500. The van der Waals surface area contributed by atoms with E-state index in [9.17, 15) is 9.18 Å². The van der Waals surface area contributed by atoms with Gasteiger partial charge in [0.25, 0.3) is 0 Å². The molecule has 0 amide bonds. The molecule has 1 aliphatic heterocycles. The number of ketones is 1. The summed E-state index contributed by atoms with van der Waals surface area (Å²) in [7, 11) is 0. The molecule has 1 fully saturated rings. The van der Waals surface area contributed by atoms with Crippen LogP contribution in [-0.4, -0.2) is 34.5 Å². The predicted molar refractivity (Wildman–Crippen MR) is 60.7 cm³/mol. The third-order valence-corrected chi connectivity index (χ3v) is 2.86. The van der Waals surface area contributed by atoms with Crippen LogP contribution in [0.2, 0.25) is 0 Å². The minimum absolute atomic E-state index is 0.0401. The molecule has 1 aliphatic rings. The number of ether oxygens (including phenoxy) is 1. The van der Waals surface area contributed by atoms with Gasteiger partial charge in [-0.25, -0.2) is 4.39 Å². The Morgan fingerprint density at radius 3 is 2.38 bits per heavy atom. The van der Waals surface area contributed by atoms with Crippen molar-refractivity contribution in [3.8, 4) is 0 Å². The number of halogens is 1. The standard InChI is InChI=1S/C12H20FNO2/c1-8-12(13,9(2)15)7-14(8)10(3)16-11(4,5)6/h8H,3,7H2,1-2,4-6H3. The van der Waals surface area contributed by atoms with Crippen molar-refractivity contribution >= 4 is 5.78 Å². The molecule has 1 saturated heterocycles. The van der Waals surface area contributed by atoms with E-state index >= 15 is 0 Å². The van der Waals surface area contributed by atoms with Crippen LogP contribution in [0.1, 0.15) is 34.6 Å². The van der Waals surface area contributed by atoms with Gasteiger partial charge in [-0.3, -0.25) is 4.79 Å². The molecule has 16 heavy (non-hydrogen) atoms. The Morgan fingerprint density at radius 2 is 2.06 bits per heavy atom. The van der Waals surface area contributed by atoms with Crippen molar-refractivity contribution in [2.24, 2.45) is 0 Å². The number of carbonyl (C=O) groups excluding carboxylic acids is 1. The molecule has 0 aromatic carbocycles. The van der Waals surface area contributed by atoms with Crippen LogP contribution in [0.15, 0.2) is 12.5 Å². The first-order valence-electron chi connectivity index (χ1n) is 5.42. The van der Waals surface area contributed by atoms with Gasteiger partial charge < -0.3 is 9.64 Å². The predicted octanol–water partition coefficient (Wildman–Crippen LogP) is 2.27. The molecule has 0 radical (unpaired) electrons. The highest BCUT2D eigenvalue weighted by atomic mass is 19.1. The summed E-state index contributed by atoms with van der Waals surface area (Å²) in [4.78, 5) is 12.8. The minimum atomic E-state index is -1.75. The van der Waals surface area contributed by atoms with E-state index in [1.165, 1.54) is 6.92 Å². The molecule has 1 rings (SSSR count). The Balaban J connectivity index is 2.62. The summed E-state index contributed by atoms with van der Waals surface area (Å²) in [6.45, 7) is 12.4. The molecule has 1 heterocycles. The van der Waals surface area contributed by atoms with Crippen LogP contribution in [0.25, 0.3) is 0 Å². The van der Waals surface area contributed by atoms with Crippen LogP contribution in [0.4, 0.5) is 4.39 Å². The van der Waals surface area contributed by atoms with Crippen molar-refractivity contribution in [2.75, 3.05) is 6.54 Å². The molecule has 2 atom stereocenters. The number of carbonyl (C=O) groups is 1. The highest BCUT2D eigenvalue weighted by Gasteiger charge is 2.55. The van der Waals surface area contributed by atoms with Crippen molar-refractivity contribution in [1.29, 1.82) is 0 Å². The Labute approximate surface area is 96.3 Å². The molecular formula is C12H20FNO2. The second kappa shape index (κ2) is 3.75. The fourth-order valence-corrected chi connectivity index (χ4v) is 1.77. The first-order valence-corrected chi connectivity index (χ1v) is 5.42. The Morgan fingerprint density at radius 1 is 1.56 bits per heavy atom. The van der Waals surface area contributed by atoms with E-state index in [2.05, 4.69) is 6.58 Å². The number of hydrogen-bond donors (Lipinski definition) is 0. The van der Waals surface area contributed by atoms with Crippen LogP contribution in [-0.2, 0) is 9.53 Å². The molecule has 2 unspecified atom stereocenters. The number of Topliss-reactive ketones (excluding diaryl/α,β-unsaturated/α-hetero) is 1. The van der Waals surface area contributed by atoms with Gasteiger partial charge in [-0.05, 0) is 41.2 Å². The van der Waals surface area contributed by atoms with Gasteiger partial charge in [-0.15, -0.1) is 0 Å². The fourth-order valence-electron chi connectivity index (χ4n) is 1.77. The van der Waals surface area contributed by atoms with Crippen molar-refractivity contribution in [1.82, 2.24) is 4.90 Å². The second-order valence-electron chi connectivity index (χ2n) is 5.33. The molecular weight excluding hydrogens is 209 g/mol. The molecule has 4 heteroatoms. The van der Waals surface area contributed by atoms with Crippen LogP contribution in [0.5, 0.6) is 0 Å². The lowest BCUT2D eigenvalue weighted by atomic mass is 9.83. The van der Waals surface area contributed by atoms with Crippen molar-refractivity contribution in [3.63, 3.8) is 0 Å². The summed E-state index contributed by atoms with van der Waals surface area (Å²) in [5.74, 6) is -0.00525. The molecule has 3 nitrogen and oxygen atoms in total. The van der Waals surface area contributed by atoms with Crippen LogP contribution in [0, 0.1) is 0 Å². The first kappa shape index (κ1) is 13.0. The molecule has 0 aromatic rings. The van der Waals surface area contributed by atoms with E-state index in [0.29, 0.717) is 5.88 Å². The normalized spacial score (nSPS) is 29.6. The van der Waals surface area contributed by atoms with E-state index in [1.54, 1.807) is 11.8 Å². The van der Waals surface area contributed by atoms with Gasteiger partial charge >= 0.3 is 0 Å². The Bertz CT molecular complexity index is 321. The Kier molecular flexibility index (Phi) is 3.05. The van der Waals surface area contributed by atoms with Gasteiger partial charge in [-0.2, -0.15) is 0 Å². The zero-order valence-corrected chi connectivity index (χ0v) is 10.6. The molecule has 0 aromatic heterocycles. The topological polar surface area (TPSA) is 29.5 Å². The third kappa shape index (κ3) is 2.20. The first-order chi connectivity index (χ1) is 7.08. The molecule has 0 aliphatic carbocycles. The highest BCUT2D eigenvalue weighted by Crippen LogP contribution is 2.37. The quantitative estimate of drug-likeness (QED) is 0.695. The van der Waals surface area contributed by atoms with E-state index in [4.69, 9.17) is 4.74 Å². The number of nitrogens with zero attached hydrogens (tertiary/aromatic N) is 1. The molecule has 92 valence electrons. The Hall–Kier alpha value is -1.06.